The predicted octanol–water partition coefficient (Wildman–Crippen LogP) is -0.304. The van der Waals surface area contributed by atoms with E-state index in [1.807, 2.05) is 6.92 Å². The number of carbonyl (C=O) groups is 1. The van der Waals surface area contributed by atoms with E-state index in [0.717, 1.165) is 0 Å². The summed E-state index contributed by atoms with van der Waals surface area (Å²) in [4.78, 5) is 10.6. The van der Waals surface area contributed by atoms with Gasteiger partial charge in [0.2, 0.25) is 0 Å². The summed E-state index contributed by atoms with van der Waals surface area (Å²) in [6.45, 7) is 3.66. The molecule has 0 aromatic heterocycles. The summed E-state index contributed by atoms with van der Waals surface area (Å²) in [5, 5.41) is 18.7. The average molecular weight is 218 g/mol. The molecule has 5 nitrogen and oxygen atoms in total. The van der Waals surface area contributed by atoms with E-state index in [4.69, 9.17) is 9.47 Å². The molecule has 3 unspecified atom stereocenters. The van der Waals surface area contributed by atoms with Gasteiger partial charge in [0.05, 0.1) is 25.4 Å². The van der Waals surface area contributed by atoms with Gasteiger partial charge in [-0.05, 0) is 0 Å². The van der Waals surface area contributed by atoms with Crippen LogP contribution in [0.5, 0.6) is 0 Å². The summed E-state index contributed by atoms with van der Waals surface area (Å²) in [5.41, 5.74) is 0. The fourth-order valence-electron chi connectivity index (χ4n) is 1.55. The number of hydrogen-bond acceptors (Lipinski definition) is 5. The largest absolute Gasteiger partial charge is 0.465 e. The second kappa shape index (κ2) is 5.44. The Bertz CT molecular complexity index is 218. The number of aliphatic hydroxyl groups is 2. The van der Waals surface area contributed by atoms with Crippen molar-refractivity contribution in [2.24, 2.45) is 5.92 Å². The molecule has 0 amide bonds. The van der Waals surface area contributed by atoms with E-state index in [0.29, 0.717) is 6.42 Å². The highest BCUT2D eigenvalue weighted by Gasteiger charge is 2.31. The molecular formula is C10H18O5. The minimum atomic E-state index is -0.804. The van der Waals surface area contributed by atoms with E-state index in [1.165, 1.54) is 6.92 Å². The van der Waals surface area contributed by atoms with Gasteiger partial charge >= 0.3 is 5.97 Å². The van der Waals surface area contributed by atoms with Crippen molar-refractivity contribution >= 4 is 5.97 Å². The normalized spacial score (nSPS) is 33.5. The van der Waals surface area contributed by atoms with Crippen LogP contribution in [0.15, 0.2) is 0 Å². The van der Waals surface area contributed by atoms with Gasteiger partial charge in [-0.3, -0.25) is 4.79 Å². The summed E-state index contributed by atoms with van der Waals surface area (Å²) in [5.74, 6) is -0.297. The maximum atomic E-state index is 10.6. The lowest BCUT2D eigenvalue weighted by molar-refractivity contribution is -0.153. The molecule has 0 aliphatic carbocycles. The molecule has 0 bridgehead atoms. The van der Waals surface area contributed by atoms with Crippen LogP contribution in [-0.4, -0.2) is 47.7 Å². The average Bonchev–Trinajstić information content (AvgIpc) is 2.18. The van der Waals surface area contributed by atoms with Crippen molar-refractivity contribution in [3.05, 3.63) is 0 Å². The van der Waals surface area contributed by atoms with E-state index < -0.39 is 12.2 Å². The summed E-state index contributed by atoms with van der Waals surface area (Å²) >= 11 is 0. The first-order valence-corrected chi connectivity index (χ1v) is 5.11. The standard InChI is InChI=1S/C10H18O5/c1-6(4-14-7(2)11)10-3-8(12)9(13)5-15-10/h6,8-10,12-13H,3-5H2,1-2H3/t6-,8?,9?,10?/m0/s1. The van der Waals surface area contributed by atoms with Crippen molar-refractivity contribution in [2.75, 3.05) is 13.2 Å². The minimum Gasteiger partial charge on any atom is -0.465 e. The molecule has 0 radical (unpaired) electrons. The van der Waals surface area contributed by atoms with Crippen LogP contribution in [0.3, 0.4) is 0 Å². The molecule has 15 heavy (non-hydrogen) atoms. The molecule has 0 aromatic carbocycles. The van der Waals surface area contributed by atoms with Gasteiger partial charge in [0, 0.05) is 19.3 Å². The monoisotopic (exact) mass is 218 g/mol. The Kier molecular flexibility index (Phi) is 4.50. The number of esters is 1. The molecule has 2 N–H and O–H groups in total. The SMILES string of the molecule is CC(=O)OC[C@H](C)C1CC(O)C(O)CO1. The Morgan fingerprint density at radius 1 is 1.53 bits per heavy atom. The third-order valence-corrected chi connectivity index (χ3v) is 2.58. The van der Waals surface area contributed by atoms with Crippen LogP contribution in [0.4, 0.5) is 0 Å². The van der Waals surface area contributed by atoms with E-state index in [9.17, 15) is 15.0 Å². The smallest absolute Gasteiger partial charge is 0.302 e. The van der Waals surface area contributed by atoms with Crippen LogP contribution < -0.4 is 0 Å². The first-order valence-electron chi connectivity index (χ1n) is 5.11. The van der Waals surface area contributed by atoms with Gasteiger partial charge in [0.25, 0.3) is 0 Å². The van der Waals surface area contributed by atoms with Gasteiger partial charge in [0.1, 0.15) is 6.10 Å². The number of aliphatic hydroxyl groups excluding tert-OH is 2. The van der Waals surface area contributed by atoms with Crippen molar-refractivity contribution in [2.45, 2.75) is 38.6 Å². The van der Waals surface area contributed by atoms with Gasteiger partial charge in [-0.25, -0.2) is 0 Å². The summed E-state index contributed by atoms with van der Waals surface area (Å²) < 4.78 is 10.2. The summed E-state index contributed by atoms with van der Waals surface area (Å²) in [7, 11) is 0. The molecule has 1 aliphatic heterocycles. The van der Waals surface area contributed by atoms with Gasteiger partial charge in [0.15, 0.2) is 0 Å². The summed E-state index contributed by atoms with van der Waals surface area (Å²) in [6.07, 6.45) is -1.34. The third kappa shape index (κ3) is 3.77. The molecule has 1 rings (SSSR count). The highest BCUT2D eigenvalue weighted by atomic mass is 16.5. The summed E-state index contributed by atoms with van der Waals surface area (Å²) in [6, 6.07) is 0. The Labute approximate surface area is 89.0 Å². The zero-order valence-corrected chi connectivity index (χ0v) is 9.05. The predicted molar refractivity (Wildman–Crippen MR) is 52.2 cm³/mol. The Morgan fingerprint density at radius 3 is 2.73 bits per heavy atom. The molecule has 1 heterocycles. The van der Waals surface area contributed by atoms with E-state index in [2.05, 4.69) is 0 Å². The van der Waals surface area contributed by atoms with Crippen molar-refractivity contribution < 1.29 is 24.5 Å². The Morgan fingerprint density at radius 2 is 2.20 bits per heavy atom. The highest BCUT2D eigenvalue weighted by molar-refractivity contribution is 5.65. The van der Waals surface area contributed by atoms with Gasteiger partial charge in [-0.2, -0.15) is 0 Å². The molecule has 0 aromatic rings. The fraction of sp³-hybridized carbons (Fsp3) is 0.900. The van der Waals surface area contributed by atoms with Crippen molar-refractivity contribution in [3.63, 3.8) is 0 Å². The topological polar surface area (TPSA) is 76.0 Å². The number of rotatable bonds is 3. The maximum absolute atomic E-state index is 10.6. The zero-order chi connectivity index (χ0) is 11.4. The molecule has 0 saturated carbocycles. The number of carbonyl (C=O) groups excluding carboxylic acids is 1. The highest BCUT2D eigenvalue weighted by Crippen LogP contribution is 2.21. The Balaban J connectivity index is 2.33. The van der Waals surface area contributed by atoms with E-state index >= 15 is 0 Å². The van der Waals surface area contributed by atoms with E-state index in [1.54, 1.807) is 0 Å². The molecule has 1 fully saturated rings. The van der Waals surface area contributed by atoms with Gasteiger partial charge in [-0.15, -0.1) is 0 Å². The van der Waals surface area contributed by atoms with Crippen LogP contribution in [0.25, 0.3) is 0 Å². The van der Waals surface area contributed by atoms with Crippen LogP contribution in [0.2, 0.25) is 0 Å². The van der Waals surface area contributed by atoms with Crippen molar-refractivity contribution in [3.8, 4) is 0 Å². The lowest BCUT2D eigenvalue weighted by Crippen LogP contribution is -2.44. The van der Waals surface area contributed by atoms with Gasteiger partial charge in [-0.1, -0.05) is 6.92 Å². The fourth-order valence-corrected chi connectivity index (χ4v) is 1.55. The molecule has 1 saturated heterocycles. The van der Waals surface area contributed by atoms with Crippen LogP contribution >= 0.6 is 0 Å². The van der Waals surface area contributed by atoms with Crippen LogP contribution in [0, 0.1) is 5.92 Å². The molecule has 5 heteroatoms. The zero-order valence-electron chi connectivity index (χ0n) is 9.05. The maximum Gasteiger partial charge on any atom is 0.302 e. The van der Waals surface area contributed by atoms with E-state index in [-0.39, 0.29) is 31.2 Å². The lowest BCUT2D eigenvalue weighted by atomic mass is 9.95. The molecule has 4 atom stereocenters. The number of ether oxygens (including phenoxy) is 2. The Hall–Kier alpha value is -0.650. The van der Waals surface area contributed by atoms with Crippen molar-refractivity contribution in [1.82, 2.24) is 0 Å². The van der Waals surface area contributed by atoms with Crippen LogP contribution in [-0.2, 0) is 14.3 Å². The van der Waals surface area contributed by atoms with Gasteiger partial charge < -0.3 is 19.7 Å². The second-order valence-corrected chi connectivity index (χ2v) is 4.02. The second-order valence-electron chi connectivity index (χ2n) is 4.02. The minimum absolute atomic E-state index is 0.0241. The third-order valence-electron chi connectivity index (χ3n) is 2.58. The lowest BCUT2D eigenvalue weighted by Gasteiger charge is -2.33. The van der Waals surface area contributed by atoms with Crippen LogP contribution in [0.1, 0.15) is 20.3 Å². The molecule has 88 valence electrons. The van der Waals surface area contributed by atoms with Crippen molar-refractivity contribution in [1.29, 1.82) is 0 Å². The molecule has 0 spiro atoms. The first kappa shape index (κ1) is 12.4. The quantitative estimate of drug-likeness (QED) is 0.636. The first-order chi connectivity index (χ1) is 7.00. The molecule has 1 aliphatic rings. The molecular weight excluding hydrogens is 200 g/mol. The number of hydrogen-bond donors (Lipinski definition) is 2.